The summed E-state index contributed by atoms with van der Waals surface area (Å²) in [5, 5.41) is 10.6. The number of anilines is 1. The van der Waals surface area contributed by atoms with Crippen LogP contribution >= 0.6 is 12.4 Å². The van der Waals surface area contributed by atoms with Gasteiger partial charge in [-0.2, -0.15) is 5.10 Å². The van der Waals surface area contributed by atoms with Gasteiger partial charge in [0.1, 0.15) is 0 Å². The van der Waals surface area contributed by atoms with E-state index >= 15 is 0 Å². The first-order valence-electron chi connectivity index (χ1n) is 7.35. The van der Waals surface area contributed by atoms with E-state index in [0.717, 1.165) is 18.7 Å². The Morgan fingerprint density at radius 3 is 3.00 bits per heavy atom. The lowest BCUT2D eigenvalue weighted by atomic mass is 9.85. The number of aromatic nitrogens is 2. The number of carbonyl (C=O) groups excluding carboxylic acids is 1. The van der Waals surface area contributed by atoms with Crippen molar-refractivity contribution in [3.8, 4) is 0 Å². The van der Waals surface area contributed by atoms with Crippen LogP contribution in [0.25, 0.3) is 0 Å². The van der Waals surface area contributed by atoms with Gasteiger partial charge in [0, 0.05) is 18.8 Å². The minimum absolute atomic E-state index is 0. The Bertz CT molecular complexity index is 448. The fourth-order valence-corrected chi connectivity index (χ4v) is 3.35. The zero-order chi connectivity index (χ0) is 13.2. The standard InChI is InChI=1S/C14H22N4O.ClH/c1-2-18-9-11(8-15-18)16-14(19)13-7-10-5-3-4-6-12(10)17-13;/h8-10,12-13,17H,2-7H2,1H3,(H,16,19);1H. The van der Waals surface area contributed by atoms with Crippen molar-refractivity contribution in [3.05, 3.63) is 12.4 Å². The van der Waals surface area contributed by atoms with Crippen molar-refractivity contribution in [1.82, 2.24) is 15.1 Å². The SMILES string of the molecule is CCn1cc(NC(=O)C2CC3CCCCC3N2)cn1.Cl. The van der Waals surface area contributed by atoms with Gasteiger partial charge in [-0.05, 0) is 32.1 Å². The topological polar surface area (TPSA) is 59.0 Å². The summed E-state index contributed by atoms with van der Waals surface area (Å²) in [7, 11) is 0. The molecule has 5 nitrogen and oxygen atoms in total. The first-order valence-corrected chi connectivity index (χ1v) is 7.35. The minimum Gasteiger partial charge on any atom is -0.322 e. The van der Waals surface area contributed by atoms with Crippen LogP contribution in [0.2, 0.25) is 0 Å². The molecular formula is C14H23ClN4O. The highest BCUT2D eigenvalue weighted by Crippen LogP contribution is 2.33. The van der Waals surface area contributed by atoms with Crippen LogP contribution in [0.15, 0.2) is 12.4 Å². The average molecular weight is 299 g/mol. The van der Waals surface area contributed by atoms with Gasteiger partial charge in [-0.1, -0.05) is 12.8 Å². The van der Waals surface area contributed by atoms with Gasteiger partial charge < -0.3 is 10.6 Å². The number of hydrogen-bond acceptors (Lipinski definition) is 3. The summed E-state index contributed by atoms with van der Waals surface area (Å²) in [4.78, 5) is 12.2. The van der Waals surface area contributed by atoms with Crippen molar-refractivity contribution < 1.29 is 4.79 Å². The normalized spacial score (nSPS) is 28.6. The van der Waals surface area contributed by atoms with Gasteiger partial charge in [0.2, 0.25) is 5.91 Å². The first kappa shape index (κ1) is 15.3. The van der Waals surface area contributed by atoms with Gasteiger partial charge in [-0.3, -0.25) is 9.48 Å². The van der Waals surface area contributed by atoms with Crippen LogP contribution in [-0.4, -0.2) is 27.8 Å². The number of fused-ring (bicyclic) bond motifs is 1. The van der Waals surface area contributed by atoms with E-state index in [-0.39, 0.29) is 24.4 Å². The van der Waals surface area contributed by atoms with Crippen LogP contribution in [0, 0.1) is 5.92 Å². The van der Waals surface area contributed by atoms with Crippen LogP contribution in [0.5, 0.6) is 0 Å². The van der Waals surface area contributed by atoms with Crippen LogP contribution in [-0.2, 0) is 11.3 Å². The van der Waals surface area contributed by atoms with Gasteiger partial charge >= 0.3 is 0 Å². The third-order valence-electron chi connectivity index (χ3n) is 4.40. The van der Waals surface area contributed by atoms with Crippen molar-refractivity contribution in [2.45, 2.75) is 57.7 Å². The minimum atomic E-state index is -0.0296. The second kappa shape index (κ2) is 6.59. The molecule has 3 rings (SSSR count). The van der Waals surface area contributed by atoms with E-state index in [1.54, 1.807) is 6.20 Å². The van der Waals surface area contributed by atoms with Crippen molar-refractivity contribution >= 4 is 24.0 Å². The molecule has 0 bridgehead atoms. The van der Waals surface area contributed by atoms with E-state index in [2.05, 4.69) is 15.7 Å². The molecule has 2 fully saturated rings. The molecule has 1 aromatic rings. The van der Waals surface area contributed by atoms with Gasteiger partial charge in [-0.15, -0.1) is 12.4 Å². The van der Waals surface area contributed by atoms with E-state index < -0.39 is 0 Å². The highest BCUT2D eigenvalue weighted by molar-refractivity contribution is 5.94. The maximum Gasteiger partial charge on any atom is 0.241 e. The maximum atomic E-state index is 12.2. The number of halogens is 1. The van der Waals surface area contributed by atoms with E-state index in [1.807, 2.05) is 17.8 Å². The maximum absolute atomic E-state index is 12.2. The molecule has 3 atom stereocenters. The molecule has 112 valence electrons. The van der Waals surface area contributed by atoms with Gasteiger partial charge in [0.15, 0.2) is 0 Å². The molecule has 1 saturated carbocycles. The van der Waals surface area contributed by atoms with Crippen LogP contribution in [0.3, 0.4) is 0 Å². The Kier molecular flexibility index (Phi) is 5.05. The molecule has 0 radical (unpaired) electrons. The molecule has 1 saturated heterocycles. The Hall–Kier alpha value is -1.07. The Morgan fingerprint density at radius 2 is 2.30 bits per heavy atom. The molecule has 1 aliphatic heterocycles. The lowest BCUT2D eigenvalue weighted by molar-refractivity contribution is -0.117. The van der Waals surface area contributed by atoms with E-state index in [0.29, 0.717) is 12.0 Å². The molecule has 20 heavy (non-hydrogen) atoms. The predicted molar refractivity (Wildman–Crippen MR) is 81.1 cm³/mol. The van der Waals surface area contributed by atoms with Crippen LogP contribution < -0.4 is 10.6 Å². The largest absolute Gasteiger partial charge is 0.322 e. The molecule has 6 heteroatoms. The van der Waals surface area contributed by atoms with E-state index in [1.165, 1.54) is 25.7 Å². The molecule has 0 spiro atoms. The molecule has 3 unspecified atom stereocenters. The molecule has 0 aromatic carbocycles. The number of nitrogens with zero attached hydrogens (tertiary/aromatic N) is 2. The van der Waals surface area contributed by atoms with E-state index in [4.69, 9.17) is 0 Å². The molecule has 1 aliphatic carbocycles. The lowest BCUT2D eigenvalue weighted by Crippen LogP contribution is -2.39. The van der Waals surface area contributed by atoms with Crippen molar-refractivity contribution in [3.63, 3.8) is 0 Å². The third-order valence-corrected chi connectivity index (χ3v) is 4.40. The van der Waals surface area contributed by atoms with Crippen LogP contribution in [0.1, 0.15) is 39.0 Å². The van der Waals surface area contributed by atoms with Crippen molar-refractivity contribution in [2.75, 3.05) is 5.32 Å². The third kappa shape index (κ3) is 3.15. The number of rotatable bonds is 3. The predicted octanol–water partition coefficient (Wildman–Crippen LogP) is 2.18. The van der Waals surface area contributed by atoms with Crippen LogP contribution in [0.4, 0.5) is 5.69 Å². The summed E-state index contributed by atoms with van der Waals surface area (Å²) in [6, 6.07) is 0.529. The summed E-state index contributed by atoms with van der Waals surface area (Å²) < 4.78 is 1.82. The monoisotopic (exact) mass is 298 g/mol. The highest BCUT2D eigenvalue weighted by atomic mass is 35.5. The summed E-state index contributed by atoms with van der Waals surface area (Å²) >= 11 is 0. The van der Waals surface area contributed by atoms with Gasteiger partial charge in [-0.25, -0.2) is 0 Å². The molecule has 2 heterocycles. The number of hydrogen-bond donors (Lipinski definition) is 2. The van der Waals surface area contributed by atoms with Crippen molar-refractivity contribution in [1.29, 1.82) is 0 Å². The zero-order valence-electron chi connectivity index (χ0n) is 11.8. The molecule has 2 N–H and O–H groups in total. The number of aryl methyl sites for hydroxylation is 1. The number of amides is 1. The zero-order valence-corrected chi connectivity index (χ0v) is 12.7. The average Bonchev–Trinajstić information content (AvgIpc) is 3.04. The highest BCUT2D eigenvalue weighted by Gasteiger charge is 2.38. The molecular weight excluding hydrogens is 276 g/mol. The molecule has 1 aromatic heterocycles. The summed E-state index contributed by atoms with van der Waals surface area (Å²) in [6.45, 7) is 2.85. The smallest absolute Gasteiger partial charge is 0.241 e. The fraction of sp³-hybridized carbons (Fsp3) is 0.714. The Morgan fingerprint density at radius 1 is 1.50 bits per heavy atom. The Labute approximate surface area is 125 Å². The first-order chi connectivity index (χ1) is 9.26. The second-order valence-corrected chi connectivity index (χ2v) is 5.68. The van der Waals surface area contributed by atoms with Crippen molar-refractivity contribution in [2.24, 2.45) is 5.92 Å². The molecule has 1 amide bonds. The Balaban J connectivity index is 0.00000147. The fourth-order valence-electron chi connectivity index (χ4n) is 3.35. The second-order valence-electron chi connectivity index (χ2n) is 5.68. The lowest BCUT2D eigenvalue weighted by Gasteiger charge is -2.24. The van der Waals surface area contributed by atoms with E-state index in [9.17, 15) is 4.79 Å². The van der Waals surface area contributed by atoms with Gasteiger partial charge in [0.25, 0.3) is 0 Å². The number of carbonyl (C=O) groups is 1. The number of nitrogens with one attached hydrogen (secondary N) is 2. The quantitative estimate of drug-likeness (QED) is 0.899. The van der Waals surface area contributed by atoms with Gasteiger partial charge in [0.05, 0.1) is 17.9 Å². The summed E-state index contributed by atoms with van der Waals surface area (Å²) in [6.07, 6.45) is 9.69. The summed E-state index contributed by atoms with van der Waals surface area (Å²) in [5.74, 6) is 0.785. The summed E-state index contributed by atoms with van der Waals surface area (Å²) in [5.41, 5.74) is 0.795. The molecule has 2 aliphatic rings.